The van der Waals surface area contributed by atoms with Crippen molar-refractivity contribution in [1.29, 1.82) is 0 Å². The first-order valence-electron chi connectivity index (χ1n) is 8.63. The Labute approximate surface area is 175 Å². The summed E-state index contributed by atoms with van der Waals surface area (Å²) in [5.74, 6) is 0.727. The second-order valence-electron chi connectivity index (χ2n) is 6.15. The summed E-state index contributed by atoms with van der Waals surface area (Å²) in [4.78, 5) is 24.8. The van der Waals surface area contributed by atoms with Crippen molar-refractivity contribution in [3.63, 3.8) is 0 Å². The van der Waals surface area contributed by atoms with Crippen LogP contribution in [-0.4, -0.2) is 32.2 Å². The number of amides is 1. The minimum Gasteiger partial charge on any atom is -0.342 e. The Morgan fingerprint density at radius 3 is 2.50 bits per heavy atom. The van der Waals surface area contributed by atoms with Crippen LogP contribution < -0.4 is 5.32 Å². The number of aromatic nitrogens is 3. The predicted octanol–water partition coefficient (Wildman–Crippen LogP) is 4.04. The summed E-state index contributed by atoms with van der Waals surface area (Å²) in [6.45, 7) is 1.85. The van der Waals surface area contributed by atoms with Gasteiger partial charge >= 0.3 is 0 Å². The summed E-state index contributed by atoms with van der Waals surface area (Å²) in [7, 11) is 1.83. The first-order valence-corrected chi connectivity index (χ1v) is 10.4. The van der Waals surface area contributed by atoms with E-state index < -0.39 is 0 Å². The van der Waals surface area contributed by atoms with E-state index in [1.54, 1.807) is 22.8 Å². The van der Waals surface area contributed by atoms with E-state index in [9.17, 15) is 9.59 Å². The summed E-state index contributed by atoms with van der Waals surface area (Å²) in [5.41, 5.74) is 1.23. The zero-order valence-electron chi connectivity index (χ0n) is 15.4. The van der Waals surface area contributed by atoms with Crippen molar-refractivity contribution < 1.29 is 9.59 Å². The molecule has 3 aromatic rings. The molecule has 0 spiro atoms. The van der Waals surface area contributed by atoms with Gasteiger partial charge in [0.15, 0.2) is 16.8 Å². The fraction of sp³-hybridized carbons (Fsp3) is 0.200. The van der Waals surface area contributed by atoms with Crippen molar-refractivity contribution in [3.8, 4) is 0 Å². The Morgan fingerprint density at radius 1 is 1.11 bits per heavy atom. The average molecular weight is 459 g/mol. The molecule has 2 aromatic carbocycles. The zero-order chi connectivity index (χ0) is 20.1. The number of hydrogen-bond acceptors (Lipinski definition) is 5. The van der Waals surface area contributed by atoms with E-state index in [0.717, 1.165) is 4.47 Å². The molecule has 8 heteroatoms. The van der Waals surface area contributed by atoms with Crippen molar-refractivity contribution in [2.75, 3.05) is 5.75 Å². The molecule has 1 amide bonds. The maximum absolute atomic E-state index is 12.5. The number of halogens is 1. The van der Waals surface area contributed by atoms with Crippen LogP contribution in [0.25, 0.3) is 0 Å². The van der Waals surface area contributed by atoms with E-state index in [1.165, 1.54) is 11.8 Å². The second kappa shape index (κ2) is 9.16. The lowest BCUT2D eigenvalue weighted by atomic mass is 10.2. The van der Waals surface area contributed by atoms with Gasteiger partial charge in [0.05, 0.1) is 17.4 Å². The molecule has 0 bridgehead atoms. The highest BCUT2D eigenvalue weighted by molar-refractivity contribution is 9.10. The van der Waals surface area contributed by atoms with Crippen molar-refractivity contribution in [1.82, 2.24) is 20.1 Å². The van der Waals surface area contributed by atoms with Crippen LogP contribution >= 0.6 is 27.7 Å². The number of carbonyl (C=O) groups excluding carboxylic acids is 2. The molecule has 0 aliphatic carbocycles. The van der Waals surface area contributed by atoms with Crippen LogP contribution in [0.3, 0.4) is 0 Å². The number of nitrogens with one attached hydrogen (secondary N) is 1. The van der Waals surface area contributed by atoms with Gasteiger partial charge in [-0.1, -0.05) is 54.2 Å². The molecular weight excluding hydrogens is 440 g/mol. The summed E-state index contributed by atoms with van der Waals surface area (Å²) in [5, 5.41) is 11.9. The fourth-order valence-corrected chi connectivity index (χ4v) is 3.93. The van der Waals surface area contributed by atoms with Gasteiger partial charge in [0.1, 0.15) is 0 Å². The third-order valence-corrected chi connectivity index (χ3v) is 5.86. The Balaban J connectivity index is 1.64. The van der Waals surface area contributed by atoms with Gasteiger partial charge in [-0.15, -0.1) is 10.2 Å². The molecule has 144 valence electrons. The number of carbonyl (C=O) groups is 2. The Morgan fingerprint density at radius 2 is 1.79 bits per heavy atom. The number of rotatable bonds is 7. The van der Waals surface area contributed by atoms with Gasteiger partial charge in [-0.2, -0.15) is 0 Å². The van der Waals surface area contributed by atoms with Crippen LogP contribution in [0.2, 0.25) is 0 Å². The third-order valence-electron chi connectivity index (χ3n) is 4.15. The van der Waals surface area contributed by atoms with Gasteiger partial charge in [-0.3, -0.25) is 9.59 Å². The van der Waals surface area contributed by atoms with Crippen LogP contribution in [0, 0.1) is 0 Å². The molecule has 0 aliphatic rings. The summed E-state index contributed by atoms with van der Waals surface area (Å²) in [6.07, 6.45) is 0. The van der Waals surface area contributed by atoms with Crippen molar-refractivity contribution in [2.24, 2.45) is 7.05 Å². The van der Waals surface area contributed by atoms with E-state index in [2.05, 4.69) is 31.4 Å². The molecule has 0 radical (unpaired) electrons. The molecule has 28 heavy (non-hydrogen) atoms. The molecule has 6 nitrogen and oxygen atoms in total. The lowest BCUT2D eigenvalue weighted by Crippen LogP contribution is -2.28. The van der Waals surface area contributed by atoms with Crippen LogP contribution in [-0.2, 0) is 7.05 Å². The van der Waals surface area contributed by atoms with Gasteiger partial charge in [-0.25, -0.2) is 0 Å². The van der Waals surface area contributed by atoms with Gasteiger partial charge in [0, 0.05) is 17.1 Å². The molecule has 1 N–H and O–H groups in total. The molecule has 3 rings (SSSR count). The first-order chi connectivity index (χ1) is 13.5. The molecule has 0 fully saturated rings. The second-order valence-corrected chi connectivity index (χ2v) is 7.95. The SMILES string of the molecule is CC(NC(=O)c1ccccc1Br)c1nnc(SCC(=O)c2ccccc2)n1C. The van der Waals surface area contributed by atoms with Gasteiger partial charge < -0.3 is 9.88 Å². The normalized spacial score (nSPS) is 11.8. The molecule has 1 aromatic heterocycles. The molecule has 0 aliphatic heterocycles. The Hall–Kier alpha value is -2.45. The lowest BCUT2D eigenvalue weighted by molar-refractivity contribution is 0.0936. The van der Waals surface area contributed by atoms with Crippen molar-refractivity contribution in [2.45, 2.75) is 18.1 Å². The standard InChI is InChI=1S/C20H19BrN4O2S/c1-13(22-19(27)15-10-6-7-11-16(15)21)18-23-24-20(25(18)2)28-12-17(26)14-8-4-3-5-9-14/h3-11,13H,12H2,1-2H3,(H,22,27). The summed E-state index contributed by atoms with van der Waals surface area (Å²) >= 11 is 4.71. The van der Waals surface area contributed by atoms with Crippen molar-refractivity contribution in [3.05, 3.63) is 76.0 Å². The minimum absolute atomic E-state index is 0.0328. The Bertz CT molecular complexity index is 991. The number of Topliss-reactive ketones (excluding diaryl/α,β-unsaturated/α-hetero) is 1. The summed E-state index contributed by atoms with van der Waals surface area (Å²) in [6, 6.07) is 16.0. The largest absolute Gasteiger partial charge is 0.342 e. The van der Waals surface area contributed by atoms with Crippen LogP contribution in [0.5, 0.6) is 0 Å². The van der Waals surface area contributed by atoms with Crippen LogP contribution in [0.4, 0.5) is 0 Å². The maximum Gasteiger partial charge on any atom is 0.253 e. The monoisotopic (exact) mass is 458 g/mol. The van der Waals surface area contributed by atoms with Crippen LogP contribution in [0.15, 0.2) is 64.2 Å². The quantitative estimate of drug-likeness (QED) is 0.426. The zero-order valence-corrected chi connectivity index (χ0v) is 17.8. The topological polar surface area (TPSA) is 76.9 Å². The average Bonchev–Trinajstić information content (AvgIpc) is 3.07. The van der Waals surface area contributed by atoms with Gasteiger partial charge in [-0.05, 0) is 35.0 Å². The number of nitrogens with zero attached hydrogens (tertiary/aromatic N) is 3. The molecule has 1 atom stereocenters. The van der Waals surface area contributed by atoms with Gasteiger partial charge in [0.2, 0.25) is 0 Å². The van der Waals surface area contributed by atoms with Crippen molar-refractivity contribution >= 4 is 39.4 Å². The smallest absolute Gasteiger partial charge is 0.253 e. The van der Waals surface area contributed by atoms with E-state index in [1.807, 2.05) is 50.4 Å². The number of ketones is 1. The van der Waals surface area contributed by atoms with Gasteiger partial charge in [0.25, 0.3) is 5.91 Å². The fourth-order valence-electron chi connectivity index (χ4n) is 2.65. The van der Waals surface area contributed by atoms with Crippen LogP contribution in [0.1, 0.15) is 39.5 Å². The minimum atomic E-state index is -0.337. The maximum atomic E-state index is 12.5. The lowest BCUT2D eigenvalue weighted by Gasteiger charge is -2.14. The highest BCUT2D eigenvalue weighted by atomic mass is 79.9. The molecular formula is C20H19BrN4O2S. The van der Waals surface area contributed by atoms with E-state index in [0.29, 0.717) is 22.1 Å². The molecule has 1 unspecified atom stereocenters. The third kappa shape index (κ3) is 4.69. The van der Waals surface area contributed by atoms with E-state index in [4.69, 9.17) is 0 Å². The first kappa shape index (κ1) is 20.3. The summed E-state index contributed by atoms with van der Waals surface area (Å²) < 4.78 is 2.53. The highest BCUT2D eigenvalue weighted by Crippen LogP contribution is 2.21. The van der Waals surface area contributed by atoms with E-state index >= 15 is 0 Å². The number of thioether (sulfide) groups is 1. The van der Waals surface area contributed by atoms with E-state index in [-0.39, 0.29) is 23.5 Å². The number of benzene rings is 2. The highest BCUT2D eigenvalue weighted by Gasteiger charge is 2.20. The molecule has 0 saturated carbocycles. The number of hydrogen-bond donors (Lipinski definition) is 1. The predicted molar refractivity (Wildman–Crippen MR) is 113 cm³/mol. The molecule has 1 heterocycles. The Kier molecular flexibility index (Phi) is 6.64. The molecule has 0 saturated heterocycles.